The standard InChI is InChI=1S/C18H15FN2O6/c1-26-14-4-2-3-12(9-14)5-8-18(23)27-11-17(22)20-13-6-7-15(19)16(10-13)21(24)25/h2-10H,11H2,1H3,(H,20,22). The van der Waals surface area contributed by atoms with E-state index in [0.717, 1.165) is 24.3 Å². The number of halogens is 1. The second kappa shape index (κ2) is 9.09. The molecule has 2 rings (SSSR count). The van der Waals surface area contributed by atoms with Crippen LogP contribution in [0.2, 0.25) is 0 Å². The highest BCUT2D eigenvalue weighted by Crippen LogP contribution is 2.21. The maximum absolute atomic E-state index is 13.2. The molecule has 1 N–H and O–H groups in total. The number of anilines is 1. The Hall–Kier alpha value is -3.75. The third-order valence-electron chi connectivity index (χ3n) is 3.28. The van der Waals surface area contributed by atoms with E-state index >= 15 is 0 Å². The molecular formula is C18H15FN2O6. The molecule has 0 unspecified atom stereocenters. The zero-order chi connectivity index (χ0) is 19.8. The van der Waals surface area contributed by atoms with Gasteiger partial charge in [0.05, 0.1) is 12.0 Å². The van der Waals surface area contributed by atoms with Gasteiger partial charge in [0, 0.05) is 17.8 Å². The number of hydrogen-bond donors (Lipinski definition) is 1. The third-order valence-corrected chi connectivity index (χ3v) is 3.28. The molecule has 0 radical (unpaired) electrons. The Morgan fingerprint density at radius 1 is 1.26 bits per heavy atom. The number of esters is 1. The van der Waals surface area contributed by atoms with Crippen molar-refractivity contribution in [2.75, 3.05) is 19.0 Å². The highest BCUT2D eigenvalue weighted by atomic mass is 19.1. The van der Waals surface area contributed by atoms with Crippen LogP contribution in [-0.2, 0) is 14.3 Å². The van der Waals surface area contributed by atoms with Crippen molar-refractivity contribution in [2.45, 2.75) is 0 Å². The minimum absolute atomic E-state index is 0.0103. The maximum atomic E-state index is 13.2. The van der Waals surface area contributed by atoms with Gasteiger partial charge in [0.25, 0.3) is 5.91 Å². The molecule has 2 aromatic rings. The molecule has 2 aromatic carbocycles. The summed E-state index contributed by atoms with van der Waals surface area (Å²) < 4.78 is 23.1. The van der Waals surface area contributed by atoms with Gasteiger partial charge in [-0.15, -0.1) is 0 Å². The van der Waals surface area contributed by atoms with E-state index in [1.807, 2.05) is 0 Å². The van der Waals surface area contributed by atoms with Crippen molar-refractivity contribution >= 4 is 29.3 Å². The Balaban J connectivity index is 1.87. The normalized spacial score (nSPS) is 10.4. The van der Waals surface area contributed by atoms with E-state index in [0.29, 0.717) is 11.3 Å². The average Bonchev–Trinajstić information content (AvgIpc) is 2.66. The second-order valence-corrected chi connectivity index (χ2v) is 5.19. The molecule has 9 heteroatoms. The van der Waals surface area contributed by atoms with Gasteiger partial charge in [-0.3, -0.25) is 14.9 Å². The number of rotatable bonds is 7. The zero-order valence-corrected chi connectivity index (χ0v) is 14.2. The lowest BCUT2D eigenvalue weighted by atomic mass is 10.2. The van der Waals surface area contributed by atoms with E-state index in [9.17, 15) is 24.1 Å². The summed E-state index contributed by atoms with van der Waals surface area (Å²) in [6.07, 6.45) is 2.64. The molecule has 140 valence electrons. The molecule has 0 aliphatic heterocycles. The van der Waals surface area contributed by atoms with E-state index in [-0.39, 0.29) is 5.69 Å². The number of methoxy groups -OCH3 is 1. The van der Waals surface area contributed by atoms with Crippen molar-refractivity contribution < 1.29 is 28.4 Å². The molecule has 0 fully saturated rings. The Labute approximate surface area is 153 Å². The summed E-state index contributed by atoms with van der Waals surface area (Å²) in [6, 6.07) is 9.84. The number of nitro benzene ring substituents is 1. The van der Waals surface area contributed by atoms with Crippen molar-refractivity contribution in [3.8, 4) is 5.75 Å². The first-order chi connectivity index (χ1) is 12.9. The Kier molecular flexibility index (Phi) is 6.59. The number of carbonyl (C=O) groups is 2. The van der Waals surface area contributed by atoms with E-state index in [1.54, 1.807) is 24.3 Å². The van der Waals surface area contributed by atoms with Gasteiger partial charge in [-0.2, -0.15) is 4.39 Å². The number of ether oxygens (including phenoxy) is 2. The summed E-state index contributed by atoms with van der Waals surface area (Å²) in [5.74, 6) is -1.87. The van der Waals surface area contributed by atoms with Crippen LogP contribution in [0.15, 0.2) is 48.5 Å². The Bertz CT molecular complexity index is 897. The number of nitrogens with one attached hydrogen (secondary N) is 1. The molecule has 0 spiro atoms. The smallest absolute Gasteiger partial charge is 0.331 e. The largest absolute Gasteiger partial charge is 0.497 e. The van der Waals surface area contributed by atoms with Crippen molar-refractivity contribution in [3.63, 3.8) is 0 Å². The quantitative estimate of drug-likeness (QED) is 0.345. The van der Waals surface area contributed by atoms with Gasteiger partial charge in [0.2, 0.25) is 5.82 Å². The highest BCUT2D eigenvalue weighted by molar-refractivity contribution is 5.94. The van der Waals surface area contributed by atoms with Gasteiger partial charge in [-0.05, 0) is 35.9 Å². The zero-order valence-electron chi connectivity index (χ0n) is 14.2. The van der Waals surface area contributed by atoms with Gasteiger partial charge in [0.15, 0.2) is 6.61 Å². The molecule has 0 saturated carbocycles. The monoisotopic (exact) mass is 374 g/mol. The minimum Gasteiger partial charge on any atom is -0.497 e. The molecule has 27 heavy (non-hydrogen) atoms. The number of benzene rings is 2. The Morgan fingerprint density at radius 2 is 2.04 bits per heavy atom. The van der Waals surface area contributed by atoms with Crippen LogP contribution in [0, 0.1) is 15.9 Å². The maximum Gasteiger partial charge on any atom is 0.331 e. The predicted octanol–water partition coefficient (Wildman–Crippen LogP) is 2.94. The lowest BCUT2D eigenvalue weighted by molar-refractivity contribution is -0.387. The number of amides is 1. The SMILES string of the molecule is COc1cccc(C=CC(=O)OCC(=O)Nc2ccc(F)c([N+](=O)[O-])c2)c1. The van der Waals surface area contributed by atoms with E-state index in [2.05, 4.69) is 5.32 Å². The van der Waals surface area contributed by atoms with E-state index < -0.39 is 34.9 Å². The Morgan fingerprint density at radius 3 is 2.74 bits per heavy atom. The third kappa shape index (κ3) is 5.92. The highest BCUT2D eigenvalue weighted by Gasteiger charge is 2.15. The fourth-order valence-electron chi connectivity index (χ4n) is 2.02. The lowest BCUT2D eigenvalue weighted by Gasteiger charge is -2.05. The molecule has 0 heterocycles. The molecule has 1 amide bonds. The number of nitrogens with zero attached hydrogens (tertiary/aromatic N) is 1. The molecule has 0 atom stereocenters. The summed E-state index contributed by atoms with van der Waals surface area (Å²) >= 11 is 0. The van der Waals surface area contributed by atoms with Gasteiger partial charge in [-0.25, -0.2) is 4.79 Å². The topological polar surface area (TPSA) is 108 Å². The van der Waals surface area contributed by atoms with Crippen LogP contribution in [0.4, 0.5) is 15.8 Å². The summed E-state index contributed by atoms with van der Waals surface area (Å²) in [6.45, 7) is -0.605. The van der Waals surface area contributed by atoms with Crippen LogP contribution in [-0.4, -0.2) is 30.5 Å². The van der Waals surface area contributed by atoms with Crippen LogP contribution in [0.25, 0.3) is 6.08 Å². The molecular weight excluding hydrogens is 359 g/mol. The van der Waals surface area contributed by atoms with Gasteiger partial charge in [0.1, 0.15) is 5.75 Å². The van der Waals surface area contributed by atoms with Crippen LogP contribution in [0.3, 0.4) is 0 Å². The summed E-state index contributed by atoms with van der Waals surface area (Å²) in [5, 5.41) is 13.0. The lowest BCUT2D eigenvalue weighted by Crippen LogP contribution is -2.20. The summed E-state index contributed by atoms with van der Waals surface area (Å²) in [4.78, 5) is 33.2. The first-order valence-corrected chi connectivity index (χ1v) is 7.61. The minimum atomic E-state index is -1.02. The van der Waals surface area contributed by atoms with Gasteiger partial charge >= 0.3 is 11.7 Å². The van der Waals surface area contributed by atoms with Crippen molar-refractivity contribution in [2.24, 2.45) is 0 Å². The van der Waals surface area contributed by atoms with Crippen molar-refractivity contribution in [1.29, 1.82) is 0 Å². The van der Waals surface area contributed by atoms with Crippen LogP contribution in [0.1, 0.15) is 5.56 Å². The summed E-state index contributed by atoms with van der Waals surface area (Å²) in [5.41, 5.74) is -0.0588. The molecule has 0 saturated heterocycles. The number of nitro groups is 1. The molecule has 8 nitrogen and oxygen atoms in total. The molecule has 0 aromatic heterocycles. The van der Waals surface area contributed by atoms with Gasteiger partial charge < -0.3 is 14.8 Å². The van der Waals surface area contributed by atoms with Gasteiger partial charge in [-0.1, -0.05) is 12.1 Å². The average molecular weight is 374 g/mol. The number of carbonyl (C=O) groups excluding carboxylic acids is 2. The molecule has 0 aliphatic carbocycles. The first kappa shape index (κ1) is 19.6. The fraction of sp³-hybridized carbons (Fsp3) is 0.111. The first-order valence-electron chi connectivity index (χ1n) is 7.61. The van der Waals surface area contributed by atoms with Crippen LogP contribution >= 0.6 is 0 Å². The van der Waals surface area contributed by atoms with E-state index in [4.69, 9.17) is 9.47 Å². The molecule has 0 bridgehead atoms. The molecule has 0 aliphatic rings. The number of hydrogen-bond acceptors (Lipinski definition) is 6. The fourth-order valence-corrected chi connectivity index (χ4v) is 2.02. The van der Waals surface area contributed by atoms with Crippen molar-refractivity contribution in [3.05, 3.63) is 70.0 Å². The summed E-state index contributed by atoms with van der Waals surface area (Å²) in [7, 11) is 1.52. The van der Waals surface area contributed by atoms with Crippen molar-refractivity contribution in [1.82, 2.24) is 0 Å². The second-order valence-electron chi connectivity index (χ2n) is 5.19. The van der Waals surface area contributed by atoms with E-state index in [1.165, 1.54) is 13.2 Å². The van der Waals surface area contributed by atoms with Crippen LogP contribution < -0.4 is 10.1 Å². The predicted molar refractivity (Wildman–Crippen MR) is 94.7 cm³/mol. The van der Waals surface area contributed by atoms with Crippen LogP contribution in [0.5, 0.6) is 5.75 Å².